The van der Waals surface area contributed by atoms with Crippen LogP contribution < -0.4 is 4.74 Å². The van der Waals surface area contributed by atoms with Crippen LogP contribution in [0.2, 0.25) is 0 Å². The Morgan fingerprint density at radius 3 is 2.90 bits per heavy atom. The molecule has 1 saturated heterocycles. The third-order valence-corrected chi connectivity index (χ3v) is 7.25. The Kier molecular flexibility index (Phi) is 5.97. The second-order valence-electron chi connectivity index (χ2n) is 8.95. The fourth-order valence-electron chi connectivity index (χ4n) is 5.41. The zero-order valence-electron chi connectivity index (χ0n) is 17.3. The van der Waals surface area contributed by atoms with Crippen molar-refractivity contribution < 1.29 is 14.6 Å². The molecule has 3 fully saturated rings. The summed E-state index contributed by atoms with van der Waals surface area (Å²) < 4.78 is 5.89. The Hall–Kier alpha value is -1.86. The molecule has 1 spiro atoms. The third kappa shape index (κ3) is 3.94. The maximum atomic E-state index is 12.7. The highest BCUT2D eigenvalue weighted by molar-refractivity contribution is 5.98. The molecule has 3 aliphatic rings. The fourth-order valence-corrected chi connectivity index (χ4v) is 5.41. The van der Waals surface area contributed by atoms with Crippen LogP contribution in [0.15, 0.2) is 12.3 Å². The predicted octanol–water partition coefficient (Wildman–Crippen LogP) is 2.61. The lowest BCUT2D eigenvalue weighted by atomic mass is 9.59. The minimum atomic E-state index is -0.822. The molecule has 1 aromatic heterocycles. The number of ketones is 1. The molecule has 0 bridgehead atoms. The Morgan fingerprint density at radius 2 is 2.14 bits per heavy atom. The number of likely N-dealkylation sites (tertiary alicyclic amines) is 1. The number of ether oxygens (including phenoxy) is 1. The van der Waals surface area contributed by atoms with Crippen LogP contribution in [-0.2, 0) is 4.79 Å². The summed E-state index contributed by atoms with van der Waals surface area (Å²) in [5, 5.41) is 19.8. The van der Waals surface area contributed by atoms with Crippen molar-refractivity contribution in [2.75, 3.05) is 20.2 Å². The first-order chi connectivity index (χ1) is 14.0. The lowest BCUT2D eigenvalue weighted by Crippen LogP contribution is -2.52. The van der Waals surface area contributed by atoms with Gasteiger partial charge in [0.05, 0.1) is 17.2 Å². The van der Waals surface area contributed by atoms with E-state index in [9.17, 15) is 9.90 Å². The Morgan fingerprint density at radius 1 is 1.31 bits per heavy atom. The van der Waals surface area contributed by atoms with Crippen molar-refractivity contribution in [1.82, 2.24) is 14.9 Å². The van der Waals surface area contributed by atoms with E-state index in [1.165, 1.54) is 6.42 Å². The number of nitrogens with one attached hydrogen (secondary N) is 1. The zero-order chi connectivity index (χ0) is 20.4. The van der Waals surface area contributed by atoms with Gasteiger partial charge in [0.2, 0.25) is 5.88 Å². The van der Waals surface area contributed by atoms with Gasteiger partial charge in [0.1, 0.15) is 12.4 Å². The summed E-state index contributed by atoms with van der Waals surface area (Å²) >= 11 is 0. The van der Waals surface area contributed by atoms with Gasteiger partial charge in [-0.2, -0.15) is 4.98 Å². The fraction of sp³-hybridized carbons (Fsp3) is 0.727. The van der Waals surface area contributed by atoms with Crippen molar-refractivity contribution in [2.24, 2.45) is 11.3 Å². The van der Waals surface area contributed by atoms with E-state index in [4.69, 9.17) is 10.1 Å². The van der Waals surface area contributed by atoms with Crippen molar-refractivity contribution in [3.63, 3.8) is 0 Å². The van der Waals surface area contributed by atoms with Gasteiger partial charge in [0, 0.05) is 30.6 Å². The molecule has 0 aromatic carbocycles. The smallest absolute Gasteiger partial charge is 0.216 e. The molecular formula is C22H32N4O3. The van der Waals surface area contributed by atoms with Gasteiger partial charge in [-0.3, -0.25) is 4.79 Å². The standard InChI is InChI=1S/C22H32N4O3/c1-26-13-5-6-15(26)14-29-18-9-12-24-21(25-18)19(23)16-7-4-11-22(20(16)28)10-3-2-8-17(22)27/h9,12,15-16,20,23,28H,2-8,10-11,13-14H2,1H3/t15-,16?,20+,22+/m0/s1. The topological polar surface area (TPSA) is 99.4 Å². The maximum Gasteiger partial charge on any atom is 0.216 e. The molecule has 4 rings (SSSR count). The van der Waals surface area contributed by atoms with E-state index in [0.717, 1.165) is 45.1 Å². The summed E-state index contributed by atoms with van der Waals surface area (Å²) in [4.78, 5) is 23.7. The number of hydrogen-bond acceptors (Lipinski definition) is 7. The van der Waals surface area contributed by atoms with Gasteiger partial charge < -0.3 is 20.2 Å². The summed E-state index contributed by atoms with van der Waals surface area (Å²) in [7, 11) is 2.11. The van der Waals surface area contributed by atoms with E-state index in [-0.39, 0.29) is 11.5 Å². The number of carbonyl (C=O) groups is 1. The highest BCUT2D eigenvalue weighted by atomic mass is 16.5. The van der Waals surface area contributed by atoms with Crippen molar-refractivity contribution in [3.05, 3.63) is 18.1 Å². The highest BCUT2D eigenvalue weighted by Gasteiger charge is 2.51. The molecule has 4 atom stereocenters. The van der Waals surface area contributed by atoms with E-state index >= 15 is 0 Å². The minimum Gasteiger partial charge on any atom is -0.476 e. The number of rotatable bonds is 5. The number of aliphatic hydroxyl groups is 1. The molecule has 2 saturated carbocycles. The zero-order valence-corrected chi connectivity index (χ0v) is 17.3. The van der Waals surface area contributed by atoms with E-state index < -0.39 is 17.4 Å². The molecular weight excluding hydrogens is 368 g/mol. The monoisotopic (exact) mass is 400 g/mol. The molecule has 7 heteroatoms. The van der Waals surface area contributed by atoms with Crippen molar-refractivity contribution >= 4 is 11.5 Å². The number of carbonyl (C=O) groups excluding carboxylic acids is 1. The van der Waals surface area contributed by atoms with Crippen LogP contribution in [0.25, 0.3) is 0 Å². The van der Waals surface area contributed by atoms with Gasteiger partial charge in [-0.1, -0.05) is 12.8 Å². The molecule has 2 N–H and O–H groups in total. The van der Waals surface area contributed by atoms with Gasteiger partial charge in [-0.15, -0.1) is 0 Å². The number of aliphatic hydroxyl groups excluding tert-OH is 1. The molecule has 2 heterocycles. The molecule has 1 unspecified atom stereocenters. The van der Waals surface area contributed by atoms with E-state index in [1.807, 2.05) is 0 Å². The number of hydrogen-bond donors (Lipinski definition) is 2. The molecule has 0 radical (unpaired) electrons. The van der Waals surface area contributed by atoms with Gasteiger partial charge in [-0.25, -0.2) is 4.98 Å². The second-order valence-corrected chi connectivity index (χ2v) is 8.95. The van der Waals surface area contributed by atoms with E-state index in [1.54, 1.807) is 12.3 Å². The summed E-state index contributed by atoms with van der Waals surface area (Å²) in [6.45, 7) is 1.66. The third-order valence-electron chi connectivity index (χ3n) is 7.25. The highest BCUT2D eigenvalue weighted by Crippen LogP contribution is 2.48. The van der Waals surface area contributed by atoms with Crippen molar-refractivity contribution in [3.8, 4) is 5.88 Å². The molecule has 0 amide bonds. The Balaban J connectivity index is 1.46. The van der Waals surface area contributed by atoms with Gasteiger partial charge >= 0.3 is 0 Å². The first kappa shape index (κ1) is 20.4. The molecule has 1 aliphatic heterocycles. The van der Waals surface area contributed by atoms with Gasteiger partial charge in [-0.05, 0) is 52.1 Å². The van der Waals surface area contributed by atoms with Crippen LogP contribution in [0.1, 0.15) is 63.6 Å². The SMILES string of the molecule is CN1CCC[C@H]1COc1ccnc(C(=N)C2CCC[C@@]3(CCCCC3=O)[C@@H]2O)n1. The first-order valence-electron chi connectivity index (χ1n) is 11.0. The summed E-state index contributed by atoms with van der Waals surface area (Å²) in [5.74, 6) is 0.537. The van der Waals surface area contributed by atoms with Crippen LogP contribution in [0.4, 0.5) is 0 Å². The van der Waals surface area contributed by atoms with Crippen molar-refractivity contribution in [1.29, 1.82) is 5.41 Å². The van der Waals surface area contributed by atoms with Crippen LogP contribution in [-0.4, -0.2) is 63.8 Å². The van der Waals surface area contributed by atoms with Crippen molar-refractivity contribution in [2.45, 2.75) is 69.9 Å². The number of Topliss-reactive ketones (excluding diaryl/α,β-unsaturated/α-hetero) is 1. The van der Waals surface area contributed by atoms with Crippen LogP contribution in [0.3, 0.4) is 0 Å². The molecule has 29 heavy (non-hydrogen) atoms. The van der Waals surface area contributed by atoms with E-state index in [0.29, 0.717) is 37.2 Å². The van der Waals surface area contributed by atoms with E-state index in [2.05, 4.69) is 21.9 Å². The van der Waals surface area contributed by atoms with Crippen LogP contribution >= 0.6 is 0 Å². The van der Waals surface area contributed by atoms with Crippen LogP contribution in [0.5, 0.6) is 5.88 Å². The molecule has 1 aromatic rings. The van der Waals surface area contributed by atoms with Gasteiger partial charge in [0.25, 0.3) is 0 Å². The average molecular weight is 401 g/mol. The minimum absolute atomic E-state index is 0.174. The summed E-state index contributed by atoms with van der Waals surface area (Å²) in [6.07, 6.45) is 8.53. The maximum absolute atomic E-state index is 12.7. The number of aromatic nitrogens is 2. The first-order valence-corrected chi connectivity index (χ1v) is 11.0. The molecule has 158 valence electrons. The summed E-state index contributed by atoms with van der Waals surface area (Å²) in [6, 6.07) is 2.11. The van der Waals surface area contributed by atoms with Crippen LogP contribution in [0, 0.1) is 16.7 Å². The average Bonchev–Trinajstić information content (AvgIpc) is 3.15. The Labute approximate surface area is 172 Å². The molecule has 2 aliphatic carbocycles. The quantitative estimate of drug-likeness (QED) is 0.737. The second kappa shape index (κ2) is 8.48. The molecule has 7 nitrogen and oxygen atoms in total. The number of nitrogens with zero attached hydrogens (tertiary/aromatic N) is 3. The predicted molar refractivity (Wildman–Crippen MR) is 109 cm³/mol. The lowest BCUT2D eigenvalue weighted by molar-refractivity contribution is -0.145. The Bertz CT molecular complexity index is 766. The lowest BCUT2D eigenvalue weighted by Gasteiger charge is -2.46. The number of likely N-dealkylation sites (N-methyl/N-ethyl adjacent to an activating group) is 1. The summed E-state index contributed by atoms with van der Waals surface area (Å²) in [5.41, 5.74) is -0.451. The largest absolute Gasteiger partial charge is 0.476 e. The van der Waals surface area contributed by atoms with Gasteiger partial charge in [0.15, 0.2) is 5.82 Å². The normalized spacial score (nSPS) is 33.2.